The van der Waals surface area contributed by atoms with Gasteiger partial charge in [-0.05, 0) is 54.8 Å². The highest BCUT2D eigenvalue weighted by atomic mass is 32.2. The number of fused-ring (bicyclic) bond motifs is 2. The third-order valence-corrected chi connectivity index (χ3v) is 9.26. The maximum atomic E-state index is 13.5. The minimum absolute atomic E-state index is 0.0240. The first-order valence-corrected chi connectivity index (χ1v) is 14.1. The van der Waals surface area contributed by atoms with E-state index in [4.69, 9.17) is 4.74 Å². The van der Waals surface area contributed by atoms with Crippen LogP contribution in [0.2, 0.25) is 0 Å². The number of halogens is 4. The summed E-state index contributed by atoms with van der Waals surface area (Å²) in [4.78, 5) is 4.00. The number of alkyl halides is 3. The zero-order valence-electron chi connectivity index (χ0n) is 21.7. The van der Waals surface area contributed by atoms with E-state index in [0.717, 1.165) is 35.2 Å². The molecule has 14 heteroatoms. The Balaban J connectivity index is 1.37. The molecule has 6 rings (SSSR count). The Morgan fingerprint density at radius 1 is 1.10 bits per heavy atom. The Morgan fingerprint density at radius 2 is 1.88 bits per heavy atom. The van der Waals surface area contributed by atoms with Crippen molar-refractivity contribution in [3.8, 4) is 11.6 Å². The van der Waals surface area contributed by atoms with E-state index in [1.54, 1.807) is 30.1 Å². The molecular weight excluding hydrogens is 564 g/mol. The van der Waals surface area contributed by atoms with Crippen molar-refractivity contribution in [3.05, 3.63) is 89.4 Å². The number of piperidine rings is 1. The topological polar surface area (TPSA) is 95.1 Å². The molecule has 4 heterocycles. The second-order valence-corrected chi connectivity index (χ2v) is 12.1. The molecule has 1 aromatic carbocycles. The molecule has 1 aliphatic carbocycles. The molecule has 0 bridgehead atoms. The minimum atomic E-state index is -4.57. The summed E-state index contributed by atoms with van der Waals surface area (Å²) in [5.74, 6) is -0.594. The van der Waals surface area contributed by atoms with Crippen LogP contribution in [-0.2, 0) is 29.7 Å². The van der Waals surface area contributed by atoms with Gasteiger partial charge in [0, 0.05) is 44.0 Å². The van der Waals surface area contributed by atoms with E-state index in [1.165, 1.54) is 33.5 Å². The van der Waals surface area contributed by atoms with Crippen molar-refractivity contribution in [2.24, 2.45) is 12.5 Å². The smallest absolute Gasteiger partial charge is 0.416 e. The first-order valence-electron chi connectivity index (χ1n) is 12.6. The van der Waals surface area contributed by atoms with Crippen LogP contribution in [0.5, 0.6) is 5.88 Å². The lowest BCUT2D eigenvalue weighted by Gasteiger charge is -2.45. The van der Waals surface area contributed by atoms with Gasteiger partial charge in [0.1, 0.15) is 17.3 Å². The SMILES string of the molecule is Cn1cc(S(=O)(=O)N2CCC3=Cc4c(cnn4-c4ccc(F)cc4)CC3(COc3cc(C(F)(F)F)ccn3)C2)cn1. The van der Waals surface area contributed by atoms with Crippen molar-refractivity contribution in [1.82, 2.24) is 28.9 Å². The molecule has 0 spiro atoms. The van der Waals surface area contributed by atoms with E-state index < -0.39 is 27.2 Å². The van der Waals surface area contributed by atoms with Gasteiger partial charge in [-0.25, -0.2) is 22.5 Å². The van der Waals surface area contributed by atoms with Gasteiger partial charge in [0.2, 0.25) is 15.9 Å². The van der Waals surface area contributed by atoms with Crippen LogP contribution in [-0.4, -0.2) is 57.0 Å². The molecule has 2 aliphatic rings. The molecule has 4 aromatic rings. The summed E-state index contributed by atoms with van der Waals surface area (Å²) in [6.07, 6.45) is 3.40. The van der Waals surface area contributed by atoms with Gasteiger partial charge in [-0.3, -0.25) is 4.68 Å². The van der Waals surface area contributed by atoms with Crippen LogP contribution in [0, 0.1) is 11.2 Å². The summed E-state index contributed by atoms with van der Waals surface area (Å²) in [6.45, 7) is 0.0935. The van der Waals surface area contributed by atoms with Gasteiger partial charge < -0.3 is 4.74 Å². The second kappa shape index (κ2) is 9.80. The van der Waals surface area contributed by atoms with Crippen LogP contribution in [0.1, 0.15) is 23.2 Å². The monoisotopic (exact) mass is 588 g/mol. The van der Waals surface area contributed by atoms with Crippen molar-refractivity contribution in [2.45, 2.75) is 23.9 Å². The number of hydrogen-bond acceptors (Lipinski definition) is 6. The summed E-state index contributed by atoms with van der Waals surface area (Å²) >= 11 is 0. The number of hydrogen-bond donors (Lipinski definition) is 0. The standard InChI is InChI=1S/C27H24F4N6O3S/c1-35-15-23(14-33-35)41(38,39)36-9-7-19-10-24-18(13-34-37(24)22-4-2-21(28)3-5-22)12-26(19,16-36)17-40-25-11-20(6-8-32-25)27(29,30)31/h2-6,8,10-11,13-15H,7,9,12,16-17H2,1H3. The normalized spacial score (nSPS) is 19.4. The van der Waals surface area contributed by atoms with E-state index in [2.05, 4.69) is 15.2 Å². The van der Waals surface area contributed by atoms with Crippen molar-refractivity contribution in [3.63, 3.8) is 0 Å². The fourth-order valence-corrected chi connectivity index (χ4v) is 6.89. The molecule has 1 unspecified atom stereocenters. The Hall–Kier alpha value is -4.04. The number of sulfonamides is 1. The summed E-state index contributed by atoms with van der Waals surface area (Å²) < 4.78 is 90.8. The summed E-state index contributed by atoms with van der Waals surface area (Å²) in [6, 6.07) is 7.56. The van der Waals surface area contributed by atoms with Crippen molar-refractivity contribution in [1.29, 1.82) is 0 Å². The molecule has 0 saturated carbocycles. The zero-order valence-corrected chi connectivity index (χ0v) is 22.5. The number of benzene rings is 1. The van der Waals surface area contributed by atoms with Gasteiger partial charge in [-0.1, -0.05) is 5.57 Å². The number of aromatic nitrogens is 5. The number of pyridine rings is 1. The number of aryl methyl sites for hydroxylation is 1. The molecular formula is C27H24F4N6O3S. The minimum Gasteiger partial charge on any atom is -0.477 e. The van der Waals surface area contributed by atoms with E-state index in [1.807, 2.05) is 6.08 Å². The van der Waals surface area contributed by atoms with Crippen LogP contribution in [0.25, 0.3) is 11.8 Å². The molecule has 3 aromatic heterocycles. The van der Waals surface area contributed by atoms with Gasteiger partial charge in [0.05, 0.1) is 29.3 Å². The number of rotatable bonds is 6. The first kappa shape index (κ1) is 27.1. The average molecular weight is 589 g/mol. The molecule has 0 radical (unpaired) electrons. The summed E-state index contributed by atoms with van der Waals surface area (Å²) in [7, 11) is -2.29. The number of ether oxygens (including phenoxy) is 1. The van der Waals surface area contributed by atoms with Crippen LogP contribution in [0.4, 0.5) is 17.6 Å². The third-order valence-electron chi connectivity index (χ3n) is 7.47. The number of nitrogens with zero attached hydrogens (tertiary/aromatic N) is 6. The van der Waals surface area contributed by atoms with Crippen LogP contribution in [0.3, 0.4) is 0 Å². The third kappa shape index (κ3) is 5.01. The van der Waals surface area contributed by atoms with Gasteiger partial charge >= 0.3 is 6.18 Å². The predicted octanol–water partition coefficient (Wildman–Crippen LogP) is 4.26. The van der Waals surface area contributed by atoms with Crippen LogP contribution in [0.15, 0.2) is 71.7 Å². The van der Waals surface area contributed by atoms with Crippen molar-refractivity contribution >= 4 is 16.1 Å². The maximum absolute atomic E-state index is 13.5. The quantitative estimate of drug-likeness (QED) is 0.313. The molecule has 214 valence electrons. The van der Waals surface area contributed by atoms with Crippen molar-refractivity contribution < 1.29 is 30.7 Å². The molecule has 1 atom stereocenters. The van der Waals surface area contributed by atoms with Crippen LogP contribution >= 0.6 is 0 Å². The summed E-state index contributed by atoms with van der Waals surface area (Å²) in [5.41, 5.74) is 1.28. The van der Waals surface area contributed by atoms with E-state index in [-0.39, 0.29) is 36.3 Å². The zero-order chi connectivity index (χ0) is 29.0. The Labute approximate surface area is 232 Å². The van der Waals surface area contributed by atoms with Crippen molar-refractivity contribution in [2.75, 3.05) is 19.7 Å². The fraction of sp³-hybridized carbons (Fsp3) is 0.296. The maximum Gasteiger partial charge on any atom is 0.416 e. The van der Waals surface area contributed by atoms with E-state index in [0.29, 0.717) is 18.5 Å². The molecule has 1 fully saturated rings. The summed E-state index contributed by atoms with van der Waals surface area (Å²) in [5, 5.41) is 8.48. The van der Waals surface area contributed by atoms with Gasteiger partial charge in [-0.15, -0.1) is 0 Å². The molecule has 1 aliphatic heterocycles. The van der Waals surface area contributed by atoms with Gasteiger partial charge in [-0.2, -0.15) is 27.7 Å². The first-order chi connectivity index (χ1) is 19.4. The highest BCUT2D eigenvalue weighted by Crippen LogP contribution is 2.45. The Morgan fingerprint density at radius 3 is 2.59 bits per heavy atom. The van der Waals surface area contributed by atoms with E-state index >= 15 is 0 Å². The fourth-order valence-electron chi connectivity index (χ4n) is 5.38. The largest absolute Gasteiger partial charge is 0.477 e. The highest BCUT2D eigenvalue weighted by Gasteiger charge is 2.47. The average Bonchev–Trinajstić information content (AvgIpc) is 3.56. The molecule has 0 N–H and O–H groups in total. The van der Waals surface area contributed by atoms with E-state index in [9.17, 15) is 26.0 Å². The predicted molar refractivity (Wildman–Crippen MR) is 139 cm³/mol. The second-order valence-electron chi connectivity index (χ2n) is 10.2. The molecule has 1 saturated heterocycles. The molecule has 9 nitrogen and oxygen atoms in total. The molecule has 0 amide bonds. The molecule has 41 heavy (non-hydrogen) atoms. The van der Waals surface area contributed by atoms with Crippen LogP contribution < -0.4 is 4.74 Å². The lowest BCUT2D eigenvalue weighted by Crippen LogP contribution is -2.51. The lowest BCUT2D eigenvalue weighted by molar-refractivity contribution is -0.137. The Bertz CT molecular complexity index is 1750. The van der Waals surface area contributed by atoms with Gasteiger partial charge in [0.15, 0.2) is 0 Å². The highest BCUT2D eigenvalue weighted by molar-refractivity contribution is 7.89. The lowest BCUT2D eigenvalue weighted by atomic mass is 9.69. The Kier molecular flexibility index (Phi) is 6.49. The van der Waals surface area contributed by atoms with Gasteiger partial charge in [0.25, 0.3) is 0 Å².